The highest BCUT2D eigenvalue weighted by Gasteiger charge is 2.21. The molecule has 0 radical (unpaired) electrons. The summed E-state index contributed by atoms with van der Waals surface area (Å²) in [5.41, 5.74) is 13.6. The van der Waals surface area contributed by atoms with Gasteiger partial charge in [-0.2, -0.15) is 0 Å². The lowest BCUT2D eigenvalue weighted by Crippen LogP contribution is -1.95. The molecule has 3 nitrogen and oxygen atoms in total. The Bertz CT molecular complexity index is 3470. The van der Waals surface area contributed by atoms with Crippen molar-refractivity contribution in [2.45, 2.75) is 0 Å². The molecule has 0 aliphatic carbocycles. The first-order valence-electron chi connectivity index (χ1n) is 18.8. The second kappa shape index (κ2) is 11.6. The molecule has 12 rings (SSSR count). The molecule has 55 heavy (non-hydrogen) atoms. The van der Waals surface area contributed by atoms with Crippen LogP contribution in [0.2, 0.25) is 0 Å². The van der Waals surface area contributed by atoms with Gasteiger partial charge in [-0.15, -0.1) is 0 Å². The molecule has 0 aliphatic heterocycles. The van der Waals surface area contributed by atoms with E-state index >= 15 is 0 Å². The normalized spacial score (nSPS) is 12.0. The van der Waals surface area contributed by atoms with E-state index in [0.29, 0.717) is 0 Å². The second-order valence-corrected chi connectivity index (χ2v) is 14.5. The quantitative estimate of drug-likeness (QED) is 0.179. The lowest BCUT2D eigenvalue weighted by molar-refractivity contribution is 0.669. The summed E-state index contributed by atoms with van der Waals surface area (Å²) >= 11 is 0. The van der Waals surface area contributed by atoms with Crippen LogP contribution in [0.5, 0.6) is 0 Å². The van der Waals surface area contributed by atoms with E-state index in [0.717, 1.165) is 33.3 Å². The molecule has 0 saturated heterocycles. The van der Waals surface area contributed by atoms with Crippen LogP contribution in [0.3, 0.4) is 0 Å². The minimum absolute atomic E-state index is 0.893. The molecule has 0 unspecified atom stereocenters. The predicted octanol–water partition coefficient (Wildman–Crippen LogP) is 14.3. The fraction of sp³-hybridized carbons (Fsp3) is 0. The molecule has 0 atom stereocenters. The summed E-state index contributed by atoms with van der Waals surface area (Å²) in [7, 11) is 0. The summed E-state index contributed by atoms with van der Waals surface area (Å²) in [6.07, 6.45) is 0. The second-order valence-electron chi connectivity index (χ2n) is 14.5. The van der Waals surface area contributed by atoms with Gasteiger partial charge in [0.15, 0.2) is 0 Å². The van der Waals surface area contributed by atoms with Gasteiger partial charge in [-0.1, -0.05) is 133 Å². The van der Waals surface area contributed by atoms with Crippen molar-refractivity contribution in [1.82, 2.24) is 9.13 Å². The van der Waals surface area contributed by atoms with Gasteiger partial charge in [-0.05, 0) is 88.3 Å². The predicted molar refractivity (Wildman–Crippen MR) is 231 cm³/mol. The monoisotopic (exact) mass is 700 g/mol. The van der Waals surface area contributed by atoms with E-state index in [4.69, 9.17) is 4.42 Å². The standard InChI is InChI=1S/C52H32N2O/c1-3-12-33(13-4-1)37-23-26-40-43-30-35(24-28-45(43)53(48(40)32-37)38-15-5-2-6-16-38)36-25-29-46-44(31-36)41-27-22-34-14-7-8-17-39(34)52(41)54(46)47-19-11-21-50-51(47)42-18-9-10-20-49(42)55-50/h1-32H. The Morgan fingerprint density at radius 1 is 0.327 bits per heavy atom. The molecule has 0 saturated carbocycles. The minimum atomic E-state index is 0.893. The molecule has 3 heterocycles. The van der Waals surface area contributed by atoms with Crippen molar-refractivity contribution in [3.8, 4) is 33.6 Å². The molecular formula is C52H32N2O. The van der Waals surface area contributed by atoms with E-state index in [1.807, 2.05) is 6.07 Å². The molecule has 3 aromatic heterocycles. The SMILES string of the molecule is c1ccc(-c2ccc3c4cc(-c5ccc6c(c5)c5ccc7ccccc7c5n6-c5cccc6oc7ccccc7c56)ccc4n(-c4ccccc4)c3c2)cc1. The molecule has 0 bridgehead atoms. The molecule has 12 aromatic rings. The van der Waals surface area contributed by atoms with Crippen molar-refractivity contribution < 1.29 is 4.42 Å². The average Bonchev–Trinajstić information content (AvgIpc) is 3.91. The first-order valence-corrected chi connectivity index (χ1v) is 18.8. The highest BCUT2D eigenvalue weighted by atomic mass is 16.3. The van der Waals surface area contributed by atoms with Crippen molar-refractivity contribution in [3.63, 3.8) is 0 Å². The zero-order valence-electron chi connectivity index (χ0n) is 29.8. The topological polar surface area (TPSA) is 23.0 Å². The highest BCUT2D eigenvalue weighted by molar-refractivity contribution is 6.21. The molecule has 0 aliphatic rings. The summed E-state index contributed by atoms with van der Waals surface area (Å²) < 4.78 is 11.3. The summed E-state index contributed by atoms with van der Waals surface area (Å²) in [5, 5.41) is 9.64. The molecule has 0 N–H and O–H groups in total. The molecule has 256 valence electrons. The Labute approximate surface area is 316 Å². The van der Waals surface area contributed by atoms with Gasteiger partial charge in [0, 0.05) is 38.0 Å². The number of fused-ring (bicyclic) bond motifs is 11. The number of furan rings is 1. The molecule has 9 aromatic carbocycles. The van der Waals surface area contributed by atoms with Crippen LogP contribution in [0.1, 0.15) is 0 Å². The molecule has 0 spiro atoms. The van der Waals surface area contributed by atoms with Crippen LogP contribution in [0.4, 0.5) is 0 Å². The van der Waals surface area contributed by atoms with Crippen molar-refractivity contribution in [2.24, 2.45) is 0 Å². The maximum atomic E-state index is 6.39. The van der Waals surface area contributed by atoms with Crippen LogP contribution in [0.15, 0.2) is 199 Å². The average molecular weight is 701 g/mol. The Kier molecular flexibility index (Phi) is 6.34. The van der Waals surface area contributed by atoms with Gasteiger partial charge < -0.3 is 13.6 Å². The summed E-state index contributed by atoms with van der Waals surface area (Å²) in [4.78, 5) is 0. The zero-order valence-corrected chi connectivity index (χ0v) is 29.8. The van der Waals surface area contributed by atoms with Crippen LogP contribution >= 0.6 is 0 Å². The van der Waals surface area contributed by atoms with Gasteiger partial charge >= 0.3 is 0 Å². The number of rotatable bonds is 4. The minimum Gasteiger partial charge on any atom is -0.456 e. The number of nitrogens with zero attached hydrogens (tertiary/aromatic N) is 2. The fourth-order valence-electron chi connectivity index (χ4n) is 9.02. The molecular weight excluding hydrogens is 669 g/mol. The van der Waals surface area contributed by atoms with Gasteiger partial charge in [0.1, 0.15) is 11.2 Å². The largest absolute Gasteiger partial charge is 0.456 e. The Morgan fingerprint density at radius 3 is 1.76 bits per heavy atom. The smallest absolute Gasteiger partial charge is 0.137 e. The van der Waals surface area contributed by atoms with Crippen molar-refractivity contribution in [1.29, 1.82) is 0 Å². The number of aromatic nitrogens is 2. The summed E-state index contributed by atoms with van der Waals surface area (Å²) in [5.74, 6) is 0. The Hall–Kier alpha value is -7.36. The first-order chi connectivity index (χ1) is 27.3. The van der Waals surface area contributed by atoms with Crippen molar-refractivity contribution >= 4 is 76.3 Å². The van der Waals surface area contributed by atoms with Crippen molar-refractivity contribution in [2.75, 3.05) is 0 Å². The van der Waals surface area contributed by atoms with Crippen LogP contribution in [-0.4, -0.2) is 9.13 Å². The van der Waals surface area contributed by atoms with Gasteiger partial charge in [0.2, 0.25) is 0 Å². The lowest BCUT2D eigenvalue weighted by Gasteiger charge is -2.12. The maximum Gasteiger partial charge on any atom is 0.137 e. The number of benzene rings is 9. The highest BCUT2D eigenvalue weighted by Crippen LogP contribution is 2.43. The van der Waals surface area contributed by atoms with Crippen LogP contribution in [-0.2, 0) is 0 Å². The lowest BCUT2D eigenvalue weighted by atomic mass is 9.99. The third kappa shape index (κ3) is 4.44. The first kappa shape index (κ1) is 30.1. The van der Waals surface area contributed by atoms with Crippen LogP contribution < -0.4 is 0 Å². The third-order valence-electron chi connectivity index (χ3n) is 11.5. The van der Waals surface area contributed by atoms with Gasteiger partial charge in [-0.3, -0.25) is 0 Å². The maximum absolute atomic E-state index is 6.39. The Morgan fingerprint density at radius 2 is 0.945 bits per heavy atom. The third-order valence-corrected chi connectivity index (χ3v) is 11.5. The van der Waals surface area contributed by atoms with E-state index in [2.05, 4.69) is 197 Å². The van der Waals surface area contributed by atoms with E-state index < -0.39 is 0 Å². The Balaban J connectivity index is 1.11. The van der Waals surface area contributed by atoms with Crippen molar-refractivity contribution in [3.05, 3.63) is 194 Å². The van der Waals surface area contributed by atoms with Gasteiger partial charge in [-0.25, -0.2) is 0 Å². The zero-order chi connectivity index (χ0) is 36.0. The number of para-hydroxylation sites is 2. The van der Waals surface area contributed by atoms with Gasteiger partial charge in [0.25, 0.3) is 0 Å². The molecule has 0 fully saturated rings. The summed E-state index contributed by atoms with van der Waals surface area (Å²) in [6.45, 7) is 0. The fourth-order valence-corrected chi connectivity index (χ4v) is 9.02. The van der Waals surface area contributed by atoms with E-state index in [9.17, 15) is 0 Å². The van der Waals surface area contributed by atoms with Crippen LogP contribution in [0.25, 0.3) is 110 Å². The van der Waals surface area contributed by atoms with E-state index in [-0.39, 0.29) is 0 Å². The number of hydrogen-bond donors (Lipinski definition) is 0. The number of hydrogen-bond acceptors (Lipinski definition) is 1. The van der Waals surface area contributed by atoms with Crippen LogP contribution in [0, 0.1) is 0 Å². The molecule has 0 amide bonds. The van der Waals surface area contributed by atoms with E-state index in [1.165, 1.54) is 76.6 Å². The van der Waals surface area contributed by atoms with E-state index in [1.54, 1.807) is 0 Å². The summed E-state index contributed by atoms with van der Waals surface area (Å²) in [6, 6.07) is 70.3. The molecule has 3 heteroatoms. The van der Waals surface area contributed by atoms with Gasteiger partial charge in [0.05, 0.1) is 33.1 Å².